The van der Waals surface area contributed by atoms with Crippen LogP contribution < -0.4 is 5.73 Å². The minimum atomic E-state index is -0.788. The molecule has 0 aromatic heterocycles. The molecule has 0 fully saturated rings. The molecule has 15 heavy (non-hydrogen) atoms. The van der Waals surface area contributed by atoms with E-state index in [0.717, 1.165) is 4.90 Å². The Morgan fingerprint density at radius 1 is 1.67 bits per heavy atom. The first-order valence-corrected chi connectivity index (χ1v) is 5.77. The third kappa shape index (κ3) is 3.64. The Kier molecular flexibility index (Phi) is 4.29. The number of hydrogen-bond donors (Lipinski definition) is 2. The highest BCUT2D eigenvalue weighted by Crippen LogP contribution is 2.27. The predicted molar refractivity (Wildman–Crippen MR) is 63.4 cm³/mol. The second kappa shape index (κ2) is 5.28. The van der Waals surface area contributed by atoms with E-state index >= 15 is 0 Å². The molecule has 3 N–H and O–H groups in total. The Bertz CT molecular complexity index is 370. The lowest BCUT2D eigenvalue weighted by Crippen LogP contribution is -2.11. The van der Waals surface area contributed by atoms with E-state index in [-0.39, 0.29) is 5.92 Å². The largest absolute Gasteiger partial charge is 0.481 e. The van der Waals surface area contributed by atoms with Crippen molar-refractivity contribution in [2.24, 2.45) is 5.92 Å². The highest BCUT2D eigenvalue weighted by atomic mass is 35.5. The number of benzene rings is 1. The first kappa shape index (κ1) is 12.2. The van der Waals surface area contributed by atoms with E-state index < -0.39 is 5.97 Å². The maximum atomic E-state index is 10.6. The second-order valence-corrected chi connectivity index (χ2v) is 4.73. The molecule has 1 aromatic carbocycles. The van der Waals surface area contributed by atoms with Gasteiger partial charge in [0, 0.05) is 10.6 Å². The molecule has 0 aliphatic rings. The fourth-order valence-corrected chi connectivity index (χ4v) is 2.09. The molecule has 5 heteroatoms. The summed E-state index contributed by atoms with van der Waals surface area (Å²) in [5, 5.41) is 9.20. The summed E-state index contributed by atoms with van der Waals surface area (Å²) >= 11 is 7.30. The van der Waals surface area contributed by atoms with Crippen LogP contribution in [-0.2, 0) is 4.79 Å². The van der Waals surface area contributed by atoms with Crippen molar-refractivity contribution >= 4 is 35.0 Å². The Morgan fingerprint density at radius 3 is 2.87 bits per heavy atom. The summed E-state index contributed by atoms with van der Waals surface area (Å²) in [5.74, 6) is -0.634. The van der Waals surface area contributed by atoms with Crippen LogP contribution in [0.15, 0.2) is 23.1 Å². The summed E-state index contributed by atoms with van der Waals surface area (Å²) in [5.41, 5.74) is 6.09. The smallest absolute Gasteiger partial charge is 0.307 e. The van der Waals surface area contributed by atoms with Gasteiger partial charge < -0.3 is 10.8 Å². The van der Waals surface area contributed by atoms with Gasteiger partial charge in [-0.1, -0.05) is 18.5 Å². The van der Waals surface area contributed by atoms with Gasteiger partial charge in [0.1, 0.15) is 0 Å². The molecule has 0 amide bonds. The zero-order chi connectivity index (χ0) is 11.4. The van der Waals surface area contributed by atoms with E-state index in [9.17, 15) is 4.79 Å². The normalized spacial score (nSPS) is 12.4. The van der Waals surface area contributed by atoms with Crippen molar-refractivity contribution in [1.82, 2.24) is 0 Å². The zero-order valence-electron chi connectivity index (χ0n) is 8.24. The van der Waals surface area contributed by atoms with E-state index in [2.05, 4.69) is 0 Å². The number of rotatable bonds is 4. The maximum Gasteiger partial charge on any atom is 0.307 e. The van der Waals surface area contributed by atoms with E-state index in [4.69, 9.17) is 22.4 Å². The number of hydrogen-bond acceptors (Lipinski definition) is 3. The number of thioether (sulfide) groups is 1. The molecule has 0 aliphatic carbocycles. The number of anilines is 1. The summed E-state index contributed by atoms with van der Waals surface area (Å²) in [6.07, 6.45) is 0. The fourth-order valence-electron chi connectivity index (χ4n) is 0.890. The van der Waals surface area contributed by atoms with Gasteiger partial charge in [0.2, 0.25) is 0 Å². The topological polar surface area (TPSA) is 63.3 Å². The first-order valence-electron chi connectivity index (χ1n) is 4.41. The number of nitrogens with two attached hydrogens (primary N) is 1. The van der Waals surface area contributed by atoms with Crippen molar-refractivity contribution in [2.75, 3.05) is 11.5 Å². The lowest BCUT2D eigenvalue weighted by molar-refractivity contribution is -0.140. The van der Waals surface area contributed by atoms with Crippen LogP contribution in [0, 0.1) is 5.92 Å². The van der Waals surface area contributed by atoms with Crippen LogP contribution in [0.2, 0.25) is 5.02 Å². The standard InChI is InChI=1S/C10H12ClNO2S/c1-6(10(13)14)5-15-7-2-3-9(12)8(11)4-7/h2-4,6H,5,12H2,1H3,(H,13,14). The minimum Gasteiger partial charge on any atom is -0.481 e. The summed E-state index contributed by atoms with van der Waals surface area (Å²) in [4.78, 5) is 11.5. The van der Waals surface area contributed by atoms with Crippen LogP contribution in [0.1, 0.15) is 6.92 Å². The van der Waals surface area contributed by atoms with Crippen LogP contribution in [-0.4, -0.2) is 16.8 Å². The molecule has 1 atom stereocenters. The lowest BCUT2D eigenvalue weighted by Gasteiger charge is -2.06. The predicted octanol–water partition coefficient (Wildman–Crippen LogP) is 2.74. The molecule has 82 valence electrons. The SMILES string of the molecule is CC(CSc1ccc(N)c(Cl)c1)C(=O)O. The average Bonchev–Trinajstić information content (AvgIpc) is 2.19. The second-order valence-electron chi connectivity index (χ2n) is 3.23. The third-order valence-electron chi connectivity index (χ3n) is 1.89. The Labute approximate surface area is 97.6 Å². The van der Waals surface area contributed by atoms with Crippen LogP contribution in [0.5, 0.6) is 0 Å². The van der Waals surface area contributed by atoms with Gasteiger partial charge in [-0.25, -0.2) is 0 Å². The first-order chi connectivity index (χ1) is 7.00. The van der Waals surface area contributed by atoms with Crippen LogP contribution in [0.25, 0.3) is 0 Å². The van der Waals surface area contributed by atoms with Crippen molar-refractivity contribution in [3.8, 4) is 0 Å². The molecule has 0 aliphatic heterocycles. The summed E-state index contributed by atoms with van der Waals surface area (Å²) in [7, 11) is 0. The van der Waals surface area contributed by atoms with E-state index in [0.29, 0.717) is 16.5 Å². The molecular weight excluding hydrogens is 234 g/mol. The number of carboxylic acids is 1. The molecule has 1 aromatic rings. The Morgan fingerprint density at radius 2 is 2.33 bits per heavy atom. The Hall–Kier alpha value is -0.870. The van der Waals surface area contributed by atoms with Gasteiger partial charge in [-0.2, -0.15) is 0 Å². The van der Waals surface area contributed by atoms with E-state index in [1.54, 1.807) is 19.1 Å². The van der Waals surface area contributed by atoms with Crippen LogP contribution in [0.3, 0.4) is 0 Å². The third-order valence-corrected chi connectivity index (χ3v) is 3.47. The number of carbonyl (C=O) groups is 1. The van der Waals surface area contributed by atoms with Crippen molar-refractivity contribution in [3.63, 3.8) is 0 Å². The molecule has 0 saturated carbocycles. The van der Waals surface area contributed by atoms with Gasteiger partial charge in [0.25, 0.3) is 0 Å². The van der Waals surface area contributed by atoms with Crippen molar-refractivity contribution in [1.29, 1.82) is 0 Å². The summed E-state index contributed by atoms with van der Waals surface area (Å²) in [6, 6.07) is 5.30. The average molecular weight is 246 g/mol. The molecular formula is C10H12ClNO2S. The number of nitrogen functional groups attached to an aromatic ring is 1. The van der Waals surface area contributed by atoms with E-state index in [1.807, 2.05) is 6.07 Å². The number of aliphatic carboxylic acids is 1. The molecule has 0 heterocycles. The molecule has 0 bridgehead atoms. The highest BCUT2D eigenvalue weighted by Gasteiger charge is 2.11. The maximum absolute atomic E-state index is 10.6. The highest BCUT2D eigenvalue weighted by molar-refractivity contribution is 7.99. The molecule has 0 spiro atoms. The molecule has 3 nitrogen and oxygen atoms in total. The van der Waals surface area contributed by atoms with E-state index in [1.165, 1.54) is 11.8 Å². The molecule has 0 saturated heterocycles. The number of halogens is 1. The summed E-state index contributed by atoms with van der Waals surface area (Å²) < 4.78 is 0. The fraction of sp³-hybridized carbons (Fsp3) is 0.300. The monoisotopic (exact) mass is 245 g/mol. The lowest BCUT2D eigenvalue weighted by atomic mass is 10.2. The molecule has 0 radical (unpaired) electrons. The van der Waals surface area contributed by atoms with Gasteiger partial charge in [-0.3, -0.25) is 4.79 Å². The zero-order valence-corrected chi connectivity index (χ0v) is 9.81. The number of carboxylic acid groups (broad SMARTS) is 1. The summed E-state index contributed by atoms with van der Waals surface area (Å²) in [6.45, 7) is 1.67. The van der Waals surface area contributed by atoms with Gasteiger partial charge in [0.15, 0.2) is 0 Å². The van der Waals surface area contributed by atoms with Crippen LogP contribution in [0.4, 0.5) is 5.69 Å². The minimum absolute atomic E-state index is 0.369. The van der Waals surface area contributed by atoms with Gasteiger partial charge in [-0.05, 0) is 18.2 Å². The van der Waals surface area contributed by atoms with Gasteiger partial charge in [-0.15, -0.1) is 11.8 Å². The van der Waals surface area contributed by atoms with Crippen molar-refractivity contribution in [3.05, 3.63) is 23.2 Å². The van der Waals surface area contributed by atoms with Gasteiger partial charge >= 0.3 is 5.97 Å². The van der Waals surface area contributed by atoms with Crippen LogP contribution >= 0.6 is 23.4 Å². The van der Waals surface area contributed by atoms with Crippen molar-refractivity contribution in [2.45, 2.75) is 11.8 Å². The molecule has 1 rings (SSSR count). The van der Waals surface area contributed by atoms with Gasteiger partial charge in [0.05, 0.1) is 16.6 Å². The quantitative estimate of drug-likeness (QED) is 0.633. The van der Waals surface area contributed by atoms with Crippen molar-refractivity contribution < 1.29 is 9.90 Å². The molecule has 1 unspecified atom stereocenters. The Balaban J connectivity index is 2.58.